The highest BCUT2D eigenvalue weighted by atomic mass is 19.1. The molecule has 31 heavy (non-hydrogen) atoms. The summed E-state index contributed by atoms with van der Waals surface area (Å²) in [6, 6.07) is 12.1. The van der Waals surface area contributed by atoms with Crippen molar-refractivity contribution in [2.24, 2.45) is 0 Å². The molecule has 11 heteroatoms. The van der Waals surface area contributed by atoms with Crippen molar-refractivity contribution >= 4 is 28.4 Å². The predicted molar refractivity (Wildman–Crippen MR) is 106 cm³/mol. The van der Waals surface area contributed by atoms with Crippen molar-refractivity contribution in [2.75, 3.05) is 5.32 Å². The standard InChI is InChI=1S/C20H13FN4O6/c21-12-1-5-15(6-2-12)30-19-8-3-13(10-22-19)23-18(26)11-24-16-7-4-14(25(28)29)9-17(16)31-20(24)27/h1-10H,11H2,(H,23,26). The number of halogens is 1. The molecular weight excluding hydrogens is 411 g/mol. The summed E-state index contributed by atoms with van der Waals surface area (Å²) in [4.78, 5) is 38.7. The van der Waals surface area contributed by atoms with Gasteiger partial charge in [0.05, 0.1) is 28.4 Å². The number of pyridine rings is 1. The van der Waals surface area contributed by atoms with E-state index in [9.17, 15) is 24.1 Å². The molecule has 0 aliphatic heterocycles. The molecule has 10 nitrogen and oxygen atoms in total. The Balaban J connectivity index is 1.44. The van der Waals surface area contributed by atoms with Crippen molar-refractivity contribution in [1.82, 2.24) is 9.55 Å². The molecular formula is C20H13FN4O6. The molecule has 4 rings (SSSR count). The number of hydrogen-bond donors (Lipinski definition) is 1. The number of benzene rings is 2. The fourth-order valence-corrected chi connectivity index (χ4v) is 2.80. The third-order valence-electron chi connectivity index (χ3n) is 4.22. The quantitative estimate of drug-likeness (QED) is 0.370. The number of nitro benzene ring substituents is 1. The van der Waals surface area contributed by atoms with E-state index in [1.54, 1.807) is 6.07 Å². The van der Waals surface area contributed by atoms with Crippen LogP contribution in [0.15, 0.2) is 70.0 Å². The lowest BCUT2D eigenvalue weighted by Crippen LogP contribution is -2.24. The van der Waals surface area contributed by atoms with Crippen LogP contribution >= 0.6 is 0 Å². The molecule has 156 valence electrons. The van der Waals surface area contributed by atoms with Gasteiger partial charge in [0.25, 0.3) is 5.69 Å². The van der Waals surface area contributed by atoms with E-state index in [0.29, 0.717) is 11.4 Å². The maximum absolute atomic E-state index is 12.9. The van der Waals surface area contributed by atoms with Gasteiger partial charge < -0.3 is 14.5 Å². The Labute approximate surface area is 172 Å². The van der Waals surface area contributed by atoms with E-state index in [1.807, 2.05) is 0 Å². The first kappa shape index (κ1) is 19.8. The Bertz CT molecular complexity index is 1330. The van der Waals surface area contributed by atoms with Gasteiger partial charge in [-0.2, -0.15) is 0 Å². The Morgan fingerprint density at radius 1 is 1.19 bits per heavy atom. The molecule has 0 saturated heterocycles. The Kier molecular flexibility index (Phi) is 5.14. The highest BCUT2D eigenvalue weighted by molar-refractivity contribution is 5.91. The van der Waals surface area contributed by atoms with Crippen LogP contribution in [0.5, 0.6) is 11.6 Å². The van der Waals surface area contributed by atoms with Crippen molar-refractivity contribution < 1.29 is 23.3 Å². The van der Waals surface area contributed by atoms with Gasteiger partial charge in [0.1, 0.15) is 18.1 Å². The number of ether oxygens (including phenoxy) is 1. The van der Waals surface area contributed by atoms with Gasteiger partial charge in [0, 0.05) is 12.1 Å². The molecule has 0 spiro atoms. The van der Waals surface area contributed by atoms with Crippen LogP contribution in [0.4, 0.5) is 15.8 Å². The molecule has 0 atom stereocenters. The molecule has 0 aliphatic rings. The van der Waals surface area contributed by atoms with E-state index < -0.39 is 16.6 Å². The van der Waals surface area contributed by atoms with Gasteiger partial charge in [-0.3, -0.25) is 19.5 Å². The summed E-state index contributed by atoms with van der Waals surface area (Å²) in [5.74, 6) is -1.09. The number of fused-ring (bicyclic) bond motifs is 1. The van der Waals surface area contributed by atoms with Crippen LogP contribution in [0, 0.1) is 15.9 Å². The number of amides is 1. The van der Waals surface area contributed by atoms with Crippen molar-refractivity contribution in [3.05, 3.63) is 87.3 Å². The molecule has 2 aromatic carbocycles. The minimum atomic E-state index is -0.813. The van der Waals surface area contributed by atoms with E-state index in [-0.39, 0.29) is 35.0 Å². The Morgan fingerprint density at radius 3 is 2.65 bits per heavy atom. The number of nitrogens with zero attached hydrogens (tertiary/aromatic N) is 3. The Hall–Kier alpha value is -4.54. The first-order valence-electron chi connectivity index (χ1n) is 8.86. The number of nitrogens with one attached hydrogen (secondary N) is 1. The minimum absolute atomic E-state index is 0.0101. The largest absolute Gasteiger partial charge is 0.439 e. The second-order valence-corrected chi connectivity index (χ2v) is 6.35. The highest BCUT2D eigenvalue weighted by Gasteiger charge is 2.16. The lowest BCUT2D eigenvalue weighted by molar-refractivity contribution is -0.384. The van der Waals surface area contributed by atoms with Crippen LogP contribution in [-0.4, -0.2) is 20.4 Å². The number of carbonyl (C=O) groups is 1. The van der Waals surface area contributed by atoms with Crippen LogP contribution in [0.1, 0.15) is 0 Å². The molecule has 4 aromatic rings. The summed E-state index contributed by atoms with van der Waals surface area (Å²) >= 11 is 0. The average Bonchev–Trinajstić information content (AvgIpc) is 3.05. The fourth-order valence-electron chi connectivity index (χ4n) is 2.80. The molecule has 0 bridgehead atoms. The van der Waals surface area contributed by atoms with Crippen LogP contribution in [0.3, 0.4) is 0 Å². The molecule has 0 saturated carbocycles. The van der Waals surface area contributed by atoms with Crippen molar-refractivity contribution in [3.8, 4) is 11.6 Å². The maximum atomic E-state index is 12.9. The van der Waals surface area contributed by atoms with Crippen LogP contribution in [-0.2, 0) is 11.3 Å². The summed E-state index contributed by atoms with van der Waals surface area (Å²) in [6.07, 6.45) is 1.36. The second-order valence-electron chi connectivity index (χ2n) is 6.35. The smallest absolute Gasteiger partial charge is 0.420 e. The van der Waals surface area contributed by atoms with E-state index in [1.165, 1.54) is 48.7 Å². The Morgan fingerprint density at radius 2 is 1.97 bits per heavy atom. The predicted octanol–water partition coefficient (Wildman–Crippen LogP) is 3.47. The van der Waals surface area contributed by atoms with Gasteiger partial charge >= 0.3 is 5.76 Å². The number of carbonyl (C=O) groups excluding carboxylic acids is 1. The lowest BCUT2D eigenvalue weighted by Gasteiger charge is -2.07. The van der Waals surface area contributed by atoms with Gasteiger partial charge in [0.15, 0.2) is 5.58 Å². The zero-order chi connectivity index (χ0) is 22.0. The first-order chi connectivity index (χ1) is 14.9. The zero-order valence-electron chi connectivity index (χ0n) is 15.6. The van der Waals surface area contributed by atoms with Crippen molar-refractivity contribution in [1.29, 1.82) is 0 Å². The molecule has 0 aliphatic carbocycles. The average molecular weight is 424 g/mol. The van der Waals surface area contributed by atoms with E-state index in [0.717, 1.165) is 10.6 Å². The van der Waals surface area contributed by atoms with Gasteiger partial charge in [0.2, 0.25) is 11.8 Å². The van der Waals surface area contributed by atoms with E-state index >= 15 is 0 Å². The van der Waals surface area contributed by atoms with E-state index in [2.05, 4.69) is 10.3 Å². The molecule has 2 heterocycles. The first-order valence-corrected chi connectivity index (χ1v) is 8.86. The van der Waals surface area contributed by atoms with Crippen molar-refractivity contribution in [3.63, 3.8) is 0 Å². The van der Waals surface area contributed by atoms with Gasteiger partial charge in [-0.1, -0.05) is 0 Å². The summed E-state index contributed by atoms with van der Waals surface area (Å²) in [6.45, 7) is -0.364. The molecule has 0 radical (unpaired) electrons. The SMILES string of the molecule is O=C(Cn1c(=O)oc2cc([N+](=O)[O-])ccc21)Nc1ccc(Oc2ccc(F)cc2)nc1. The third kappa shape index (κ3) is 4.40. The van der Waals surface area contributed by atoms with Crippen LogP contribution in [0.25, 0.3) is 11.1 Å². The molecule has 2 aromatic heterocycles. The number of anilines is 1. The fraction of sp³-hybridized carbons (Fsp3) is 0.0500. The number of oxazole rings is 1. The molecule has 1 amide bonds. The molecule has 0 unspecified atom stereocenters. The number of nitro groups is 1. The second kappa shape index (κ2) is 8.06. The van der Waals surface area contributed by atoms with Gasteiger partial charge in [-0.25, -0.2) is 14.2 Å². The van der Waals surface area contributed by atoms with Gasteiger partial charge in [-0.15, -0.1) is 0 Å². The van der Waals surface area contributed by atoms with Gasteiger partial charge in [-0.05, 0) is 36.4 Å². The maximum Gasteiger partial charge on any atom is 0.420 e. The number of non-ortho nitro benzene ring substituents is 1. The number of aromatic nitrogens is 2. The van der Waals surface area contributed by atoms with Crippen molar-refractivity contribution in [2.45, 2.75) is 6.54 Å². The normalized spacial score (nSPS) is 10.7. The highest BCUT2D eigenvalue weighted by Crippen LogP contribution is 2.22. The lowest BCUT2D eigenvalue weighted by atomic mass is 10.3. The summed E-state index contributed by atoms with van der Waals surface area (Å²) in [7, 11) is 0. The summed E-state index contributed by atoms with van der Waals surface area (Å²) in [5, 5.41) is 13.4. The number of hydrogen-bond acceptors (Lipinski definition) is 7. The number of rotatable bonds is 6. The van der Waals surface area contributed by atoms with Crippen LogP contribution in [0.2, 0.25) is 0 Å². The minimum Gasteiger partial charge on any atom is -0.439 e. The topological polar surface area (TPSA) is 130 Å². The molecule has 1 N–H and O–H groups in total. The summed E-state index contributed by atoms with van der Waals surface area (Å²) < 4.78 is 24.5. The molecule has 0 fully saturated rings. The summed E-state index contributed by atoms with van der Waals surface area (Å²) in [5.41, 5.74) is 0.391. The van der Waals surface area contributed by atoms with Crippen LogP contribution < -0.4 is 15.8 Å². The zero-order valence-corrected chi connectivity index (χ0v) is 15.6. The monoisotopic (exact) mass is 424 g/mol. The third-order valence-corrected chi connectivity index (χ3v) is 4.22. The van der Waals surface area contributed by atoms with E-state index in [4.69, 9.17) is 9.15 Å².